The predicted molar refractivity (Wildman–Crippen MR) is 90.5 cm³/mol. The Morgan fingerprint density at radius 1 is 1.00 bits per heavy atom. The molecule has 0 saturated heterocycles. The van der Waals surface area contributed by atoms with Gasteiger partial charge in [-0.05, 0) is 29.8 Å². The molecule has 1 aromatic heterocycles. The first-order valence-corrected chi connectivity index (χ1v) is 7.36. The van der Waals surface area contributed by atoms with Gasteiger partial charge in [0.1, 0.15) is 5.75 Å². The summed E-state index contributed by atoms with van der Waals surface area (Å²) < 4.78 is 0. The smallest absolute Gasteiger partial charge is 0.307 e. The molecule has 0 unspecified atom stereocenters. The number of nitrogens with zero attached hydrogens (tertiary/aromatic N) is 2. The first kappa shape index (κ1) is 16.2. The number of carboxylic acid groups (broad SMARTS) is 1. The number of aromatic nitrogens is 2. The van der Waals surface area contributed by atoms with E-state index in [4.69, 9.17) is 5.11 Å². The van der Waals surface area contributed by atoms with Gasteiger partial charge in [-0.1, -0.05) is 24.3 Å². The van der Waals surface area contributed by atoms with Crippen molar-refractivity contribution in [3.8, 4) is 17.0 Å². The Kier molecular flexibility index (Phi) is 4.42. The molecule has 0 amide bonds. The van der Waals surface area contributed by atoms with Crippen molar-refractivity contribution in [3.63, 3.8) is 0 Å². The van der Waals surface area contributed by atoms with Crippen molar-refractivity contribution in [2.75, 3.05) is 0 Å². The van der Waals surface area contributed by atoms with Crippen molar-refractivity contribution >= 4 is 17.3 Å². The number of rotatable bonds is 5. The highest BCUT2D eigenvalue weighted by molar-refractivity contribution is 5.75. The number of carboxylic acids is 1. The van der Waals surface area contributed by atoms with Crippen LogP contribution in [-0.2, 0) is 11.2 Å². The van der Waals surface area contributed by atoms with E-state index in [0.29, 0.717) is 22.5 Å². The number of nitrogens with one attached hydrogen (secondary N) is 2. The summed E-state index contributed by atoms with van der Waals surface area (Å²) in [6.07, 6.45) is -0.0770. The lowest BCUT2D eigenvalue weighted by Crippen LogP contribution is -1.99. The molecule has 25 heavy (non-hydrogen) atoms. The minimum Gasteiger partial charge on any atom is -0.507 e. The van der Waals surface area contributed by atoms with Gasteiger partial charge in [-0.2, -0.15) is 5.11 Å². The van der Waals surface area contributed by atoms with Gasteiger partial charge in [0.05, 0.1) is 17.8 Å². The quantitative estimate of drug-likeness (QED) is 0.532. The number of phenolic OH excluding ortho intramolecular Hbond substituents is 1. The number of aromatic hydroxyl groups is 1. The van der Waals surface area contributed by atoms with Gasteiger partial charge in [-0.15, -0.1) is 5.11 Å². The Bertz CT molecular complexity index is 986. The zero-order chi connectivity index (χ0) is 17.8. The molecule has 8 nitrogen and oxygen atoms in total. The molecule has 4 N–H and O–H groups in total. The zero-order valence-electron chi connectivity index (χ0n) is 12.9. The van der Waals surface area contributed by atoms with Crippen LogP contribution in [0.1, 0.15) is 5.56 Å². The van der Waals surface area contributed by atoms with Crippen LogP contribution in [-0.4, -0.2) is 26.4 Å². The Morgan fingerprint density at radius 3 is 2.40 bits per heavy atom. The molecule has 2 aromatic carbocycles. The molecule has 0 aliphatic heterocycles. The van der Waals surface area contributed by atoms with Crippen molar-refractivity contribution < 1.29 is 15.0 Å². The summed E-state index contributed by atoms with van der Waals surface area (Å²) in [4.78, 5) is 22.6. The number of phenols is 1. The van der Waals surface area contributed by atoms with Crippen LogP contribution in [0.2, 0.25) is 0 Å². The van der Waals surface area contributed by atoms with Gasteiger partial charge in [-0.3, -0.25) is 19.8 Å². The van der Waals surface area contributed by atoms with Crippen LogP contribution < -0.4 is 5.56 Å². The molecule has 0 aliphatic rings. The van der Waals surface area contributed by atoms with E-state index in [0.717, 1.165) is 0 Å². The number of carbonyl (C=O) groups is 1. The third-order valence-electron chi connectivity index (χ3n) is 3.48. The molecule has 0 saturated carbocycles. The Balaban J connectivity index is 1.90. The van der Waals surface area contributed by atoms with Crippen LogP contribution in [0.25, 0.3) is 11.3 Å². The highest BCUT2D eigenvalue weighted by atomic mass is 16.4. The molecule has 0 radical (unpaired) electrons. The number of H-pyrrole nitrogens is 2. The van der Waals surface area contributed by atoms with Gasteiger partial charge < -0.3 is 10.2 Å². The minimum atomic E-state index is -0.916. The van der Waals surface area contributed by atoms with Crippen LogP contribution in [0.5, 0.6) is 5.75 Å². The summed E-state index contributed by atoms with van der Waals surface area (Å²) in [5.41, 5.74) is 1.43. The van der Waals surface area contributed by atoms with E-state index in [2.05, 4.69) is 20.4 Å². The first-order chi connectivity index (χ1) is 12.0. The highest BCUT2D eigenvalue weighted by Crippen LogP contribution is 2.32. The molecular weight excluding hydrogens is 324 g/mol. The van der Waals surface area contributed by atoms with Crippen LogP contribution in [0, 0.1) is 0 Å². The number of hydrogen-bond acceptors (Lipinski definition) is 5. The van der Waals surface area contributed by atoms with Gasteiger partial charge in [0, 0.05) is 5.56 Å². The second-order valence-corrected chi connectivity index (χ2v) is 5.26. The SMILES string of the molecule is O=C(O)Cc1ccc(N=Nc2c(-c3ccccc3O)[nH][nH]c2=O)cc1. The van der Waals surface area contributed by atoms with E-state index in [-0.39, 0.29) is 17.9 Å². The summed E-state index contributed by atoms with van der Waals surface area (Å²) >= 11 is 0. The highest BCUT2D eigenvalue weighted by Gasteiger charge is 2.14. The third kappa shape index (κ3) is 3.63. The van der Waals surface area contributed by atoms with E-state index < -0.39 is 11.5 Å². The molecule has 0 fully saturated rings. The number of aromatic amines is 2. The van der Waals surface area contributed by atoms with Crippen LogP contribution in [0.3, 0.4) is 0 Å². The Morgan fingerprint density at radius 2 is 1.72 bits per heavy atom. The largest absolute Gasteiger partial charge is 0.507 e. The monoisotopic (exact) mass is 338 g/mol. The van der Waals surface area contributed by atoms with Crippen molar-refractivity contribution in [1.29, 1.82) is 0 Å². The first-order valence-electron chi connectivity index (χ1n) is 7.36. The van der Waals surface area contributed by atoms with Gasteiger partial charge in [0.25, 0.3) is 5.56 Å². The summed E-state index contributed by atoms with van der Waals surface area (Å²) in [6, 6.07) is 13.0. The van der Waals surface area contributed by atoms with Crippen molar-refractivity contribution in [2.45, 2.75) is 6.42 Å². The molecule has 0 bridgehead atoms. The summed E-state index contributed by atoms with van der Waals surface area (Å²) in [7, 11) is 0. The molecule has 0 atom stereocenters. The van der Waals surface area contributed by atoms with Crippen LogP contribution in [0.15, 0.2) is 63.6 Å². The van der Waals surface area contributed by atoms with Crippen LogP contribution in [0.4, 0.5) is 11.4 Å². The van der Waals surface area contributed by atoms with Crippen LogP contribution >= 0.6 is 0 Å². The number of hydrogen-bond donors (Lipinski definition) is 4. The zero-order valence-corrected chi connectivity index (χ0v) is 12.9. The van der Waals surface area contributed by atoms with Gasteiger partial charge >= 0.3 is 5.97 Å². The van der Waals surface area contributed by atoms with Crippen molar-refractivity contribution in [1.82, 2.24) is 10.2 Å². The summed E-state index contributed by atoms with van der Waals surface area (Å²) in [6.45, 7) is 0. The molecule has 3 rings (SSSR count). The second-order valence-electron chi connectivity index (χ2n) is 5.26. The fourth-order valence-electron chi connectivity index (χ4n) is 2.29. The van der Waals surface area contributed by atoms with E-state index >= 15 is 0 Å². The lowest BCUT2D eigenvalue weighted by Gasteiger charge is -2.01. The molecule has 0 spiro atoms. The Hall–Kier alpha value is -3.68. The van der Waals surface area contributed by atoms with E-state index in [1.54, 1.807) is 42.5 Å². The fraction of sp³-hybridized carbons (Fsp3) is 0.0588. The van der Waals surface area contributed by atoms with Crippen molar-refractivity contribution in [2.24, 2.45) is 10.2 Å². The molecular formula is C17H14N4O4. The summed E-state index contributed by atoms with van der Waals surface area (Å²) in [5, 5.41) is 31.8. The Labute approximate surface area is 141 Å². The third-order valence-corrected chi connectivity index (χ3v) is 3.48. The average molecular weight is 338 g/mol. The summed E-state index contributed by atoms with van der Waals surface area (Å²) in [5.74, 6) is -0.909. The maximum atomic E-state index is 11.9. The van der Waals surface area contributed by atoms with Gasteiger partial charge in [0.2, 0.25) is 0 Å². The lowest BCUT2D eigenvalue weighted by molar-refractivity contribution is -0.136. The standard InChI is InChI=1S/C17H14N4O4/c22-13-4-2-1-3-12(13)15-16(17(25)21-19-15)20-18-11-7-5-10(6-8-11)9-14(23)24/h1-8,22H,9H2,(H,23,24)(H2,19,21,25). The predicted octanol–water partition coefficient (Wildman–Crippen LogP) is 3.12. The van der Waals surface area contributed by atoms with Gasteiger partial charge in [-0.25, -0.2) is 0 Å². The molecule has 8 heteroatoms. The van der Waals surface area contributed by atoms with E-state index in [9.17, 15) is 14.7 Å². The number of para-hydroxylation sites is 1. The maximum Gasteiger partial charge on any atom is 0.307 e. The molecule has 0 aliphatic carbocycles. The number of aliphatic carboxylic acids is 1. The molecule has 1 heterocycles. The number of benzene rings is 2. The molecule has 126 valence electrons. The van der Waals surface area contributed by atoms with E-state index in [1.807, 2.05) is 0 Å². The van der Waals surface area contributed by atoms with E-state index in [1.165, 1.54) is 6.07 Å². The van der Waals surface area contributed by atoms with Crippen molar-refractivity contribution in [3.05, 3.63) is 64.4 Å². The normalized spacial score (nSPS) is 11.0. The maximum absolute atomic E-state index is 11.9. The minimum absolute atomic E-state index is 0.00669. The number of azo groups is 1. The topological polar surface area (TPSA) is 131 Å². The fourth-order valence-corrected chi connectivity index (χ4v) is 2.29. The lowest BCUT2D eigenvalue weighted by atomic mass is 10.1. The average Bonchev–Trinajstić information content (AvgIpc) is 2.95. The van der Waals surface area contributed by atoms with Gasteiger partial charge in [0.15, 0.2) is 5.69 Å². The molecule has 3 aromatic rings. The second kappa shape index (κ2) is 6.83.